The van der Waals surface area contributed by atoms with Crippen LogP contribution < -0.4 is 5.32 Å². The number of anilines is 1. The molecule has 3 rings (SSSR count). The van der Waals surface area contributed by atoms with E-state index < -0.39 is 22.3 Å². The summed E-state index contributed by atoms with van der Waals surface area (Å²) in [7, 11) is 0. The quantitative estimate of drug-likeness (QED) is 0.638. The standard InChI is InChI=1S/C15H9BrF3NO/c16-13(9-2-3-10(17)15(19)14(9)18)7-1-4-11-8(5-7)6-12(21)20-11/h1-5,13H,6H2,(H,20,21). The summed E-state index contributed by atoms with van der Waals surface area (Å²) in [6.07, 6.45) is 0.253. The van der Waals surface area contributed by atoms with E-state index in [9.17, 15) is 18.0 Å². The molecule has 1 N–H and O–H groups in total. The Morgan fingerprint density at radius 2 is 1.86 bits per heavy atom. The topological polar surface area (TPSA) is 29.1 Å². The van der Waals surface area contributed by atoms with Crippen LogP contribution >= 0.6 is 15.9 Å². The van der Waals surface area contributed by atoms with Crippen molar-refractivity contribution in [2.24, 2.45) is 0 Å². The summed E-state index contributed by atoms with van der Waals surface area (Å²) in [5.74, 6) is -4.03. The fourth-order valence-corrected chi connectivity index (χ4v) is 2.96. The zero-order valence-corrected chi connectivity index (χ0v) is 12.2. The summed E-state index contributed by atoms with van der Waals surface area (Å²) in [6, 6.07) is 7.24. The van der Waals surface area contributed by atoms with Crippen LogP contribution in [0.1, 0.15) is 21.5 Å². The van der Waals surface area contributed by atoms with Gasteiger partial charge in [-0.15, -0.1) is 0 Å². The first kappa shape index (κ1) is 14.1. The molecule has 2 aromatic rings. The number of nitrogens with one attached hydrogen (secondary N) is 1. The van der Waals surface area contributed by atoms with E-state index in [0.29, 0.717) is 11.3 Å². The molecule has 108 valence electrons. The lowest BCUT2D eigenvalue weighted by molar-refractivity contribution is -0.115. The monoisotopic (exact) mass is 355 g/mol. The number of rotatable bonds is 2. The van der Waals surface area contributed by atoms with E-state index in [1.807, 2.05) is 0 Å². The molecule has 2 aromatic carbocycles. The summed E-state index contributed by atoms with van der Waals surface area (Å²) < 4.78 is 40.1. The molecule has 1 aliphatic heterocycles. The Labute approximate surface area is 127 Å². The van der Waals surface area contributed by atoms with Crippen LogP contribution in [-0.2, 0) is 11.2 Å². The average Bonchev–Trinajstić information content (AvgIpc) is 2.83. The molecule has 0 saturated heterocycles. The first-order valence-electron chi connectivity index (χ1n) is 6.17. The van der Waals surface area contributed by atoms with Gasteiger partial charge in [-0.3, -0.25) is 4.79 Å². The Bertz CT molecular complexity index is 748. The van der Waals surface area contributed by atoms with Crippen molar-refractivity contribution in [3.05, 3.63) is 64.5 Å². The highest BCUT2D eigenvalue weighted by molar-refractivity contribution is 9.09. The fraction of sp³-hybridized carbons (Fsp3) is 0.133. The van der Waals surface area contributed by atoms with Gasteiger partial charge in [0.15, 0.2) is 17.5 Å². The van der Waals surface area contributed by atoms with Gasteiger partial charge < -0.3 is 5.32 Å². The first-order valence-corrected chi connectivity index (χ1v) is 7.09. The van der Waals surface area contributed by atoms with E-state index in [1.165, 1.54) is 6.07 Å². The minimum atomic E-state index is -1.49. The molecular weight excluding hydrogens is 347 g/mol. The van der Waals surface area contributed by atoms with Gasteiger partial charge in [-0.05, 0) is 23.3 Å². The van der Waals surface area contributed by atoms with Crippen LogP contribution in [0.25, 0.3) is 0 Å². The highest BCUT2D eigenvalue weighted by Gasteiger charge is 2.23. The Balaban J connectivity index is 2.00. The predicted molar refractivity (Wildman–Crippen MR) is 75.9 cm³/mol. The Morgan fingerprint density at radius 1 is 1.10 bits per heavy atom. The largest absolute Gasteiger partial charge is 0.326 e. The van der Waals surface area contributed by atoms with Crippen LogP contribution in [0.2, 0.25) is 0 Å². The van der Waals surface area contributed by atoms with Crippen LogP contribution in [0, 0.1) is 17.5 Å². The molecule has 0 spiro atoms. The third-order valence-electron chi connectivity index (χ3n) is 3.39. The third kappa shape index (κ3) is 2.44. The lowest BCUT2D eigenvalue weighted by Crippen LogP contribution is -2.03. The maximum absolute atomic E-state index is 13.8. The predicted octanol–water partition coefficient (Wildman–Crippen LogP) is 4.08. The number of hydrogen-bond donors (Lipinski definition) is 1. The zero-order valence-electron chi connectivity index (χ0n) is 10.6. The number of carbonyl (C=O) groups is 1. The van der Waals surface area contributed by atoms with Crippen LogP contribution in [-0.4, -0.2) is 5.91 Å². The number of amides is 1. The molecule has 0 saturated carbocycles. The number of fused-ring (bicyclic) bond motifs is 1. The molecular formula is C15H9BrF3NO. The van der Waals surface area contributed by atoms with Gasteiger partial charge in [0.25, 0.3) is 0 Å². The van der Waals surface area contributed by atoms with Crippen molar-refractivity contribution in [3.8, 4) is 0 Å². The normalized spacial score (nSPS) is 14.8. The second-order valence-electron chi connectivity index (χ2n) is 4.77. The van der Waals surface area contributed by atoms with E-state index in [4.69, 9.17) is 0 Å². The van der Waals surface area contributed by atoms with Crippen LogP contribution in [0.4, 0.5) is 18.9 Å². The highest BCUT2D eigenvalue weighted by atomic mass is 79.9. The lowest BCUT2D eigenvalue weighted by Gasteiger charge is -2.13. The van der Waals surface area contributed by atoms with Crippen molar-refractivity contribution < 1.29 is 18.0 Å². The van der Waals surface area contributed by atoms with Crippen molar-refractivity contribution >= 4 is 27.5 Å². The molecule has 0 radical (unpaired) electrons. The molecule has 2 nitrogen and oxygen atoms in total. The summed E-state index contributed by atoms with van der Waals surface area (Å²) >= 11 is 3.29. The van der Waals surface area contributed by atoms with Crippen molar-refractivity contribution in [1.29, 1.82) is 0 Å². The number of hydrogen-bond acceptors (Lipinski definition) is 1. The second-order valence-corrected chi connectivity index (χ2v) is 5.68. The van der Waals surface area contributed by atoms with E-state index in [1.54, 1.807) is 18.2 Å². The minimum Gasteiger partial charge on any atom is -0.326 e. The first-order chi connectivity index (χ1) is 9.97. The number of benzene rings is 2. The molecule has 0 fully saturated rings. The SMILES string of the molecule is O=C1Cc2cc(C(Br)c3ccc(F)c(F)c3F)ccc2N1. The molecule has 6 heteroatoms. The Hall–Kier alpha value is -1.82. The lowest BCUT2D eigenvalue weighted by atomic mass is 10.0. The maximum atomic E-state index is 13.8. The molecule has 1 amide bonds. The highest BCUT2D eigenvalue weighted by Crippen LogP contribution is 2.36. The summed E-state index contributed by atoms with van der Waals surface area (Å²) in [5, 5.41) is 2.69. The van der Waals surface area contributed by atoms with Gasteiger partial charge in [-0.2, -0.15) is 0 Å². The van der Waals surface area contributed by atoms with Gasteiger partial charge in [-0.25, -0.2) is 13.2 Å². The maximum Gasteiger partial charge on any atom is 0.228 e. The van der Waals surface area contributed by atoms with Gasteiger partial charge >= 0.3 is 0 Å². The van der Waals surface area contributed by atoms with Crippen molar-refractivity contribution in [3.63, 3.8) is 0 Å². The summed E-state index contributed by atoms with van der Waals surface area (Å²) in [5.41, 5.74) is 2.18. The van der Waals surface area contributed by atoms with Crippen molar-refractivity contribution in [1.82, 2.24) is 0 Å². The van der Waals surface area contributed by atoms with Gasteiger partial charge in [0, 0.05) is 11.3 Å². The molecule has 0 aromatic heterocycles. The van der Waals surface area contributed by atoms with Crippen LogP contribution in [0.15, 0.2) is 30.3 Å². The van der Waals surface area contributed by atoms with Crippen LogP contribution in [0.3, 0.4) is 0 Å². The fourth-order valence-electron chi connectivity index (χ4n) is 2.32. The molecule has 1 unspecified atom stereocenters. The molecule has 1 atom stereocenters. The van der Waals surface area contributed by atoms with Gasteiger partial charge in [-0.1, -0.05) is 34.1 Å². The molecule has 1 aliphatic rings. The molecule has 21 heavy (non-hydrogen) atoms. The van der Waals surface area contributed by atoms with Crippen molar-refractivity contribution in [2.45, 2.75) is 11.2 Å². The number of alkyl halides is 1. The molecule has 1 heterocycles. The zero-order chi connectivity index (χ0) is 15.1. The van der Waals surface area contributed by atoms with Gasteiger partial charge in [0.1, 0.15) is 0 Å². The van der Waals surface area contributed by atoms with E-state index >= 15 is 0 Å². The summed E-state index contributed by atoms with van der Waals surface area (Å²) in [6.45, 7) is 0. The Morgan fingerprint density at radius 3 is 2.62 bits per heavy atom. The van der Waals surface area contributed by atoms with E-state index in [-0.39, 0.29) is 17.9 Å². The van der Waals surface area contributed by atoms with Gasteiger partial charge in [0.2, 0.25) is 5.91 Å². The molecule has 0 bridgehead atoms. The number of carbonyl (C=O) groups excluding carboxylic acids is 1. The second kappa shape index (κ2) is 5.18. The average molecular weight is 356 g/mol. The smallest absolute Gasteiger partial charge is 0.228 e. The Kier molecular flexibility index (Phi) is 3.49. The third-order valence-corrected chi connectivity index (χ3v) is 4.41. The minimum absolute atomic E-state index is 0.00568. The van der Waals surface area contributed by atoms with Crippen molar-refractivity contribution in [2.75, 3.05) is 5.32 Å². The number of halogens is 4. The van der Waals surface area contributed by atoms with E-state index in [2.05, 4.69) is 21.2 Å². The van der Waals surface area contributed by atoms with E-state index in [0.717, 1.165) is 11.6 Å². The molecule has 0 aliphatic carbocycles. The van der Waals surface area contributed by atoms with Crippen LogP contribution in [0.5, 0.6) is 0 Å². The summed E-state index contributed by atoms with van der Waals surface area (Å²) in [4.78, 5) is 10.7. The van der Waals surface area contributed by atoms with Gasteiger partial charge in [0.05, 0.1) is 11.2 Å².